The SMILES string of the molecule is CC(C)=C(O)[C@H](O)[C@@H](O)[C@H](O)[C@@H](O)CO. The van der Waals surface area contributed by atoms with Crippen LogP contribution in [0.5, 0.6) is 0 Å². The van der Waals surface area contributed by atoms with Crippen LogP contribution >= 0.6 is 0 Å². The number of hydrogen-bond donors (Lipinski definition) is 6. The second-order valence-corrected chi connectivity index (χ2v) is 3.56. The molecule has 0 aliphatic carbocycles. The fourth-order valence-electron chi connectivity index (χ4n) is 0.980. The lowest BCUT2D eigenvalue weighted by molar-refractivity contribution is -0.113. The Bertz CT molecular complexity index is 223. The minimum Gasteiger partial charge on any atom is -0.510 e. The Hall–Kier alpha value is -0.660. The molecule has 0 spiro atoms. The first-order valence-electron chi connectivity index (χ1n) is 4.52. The minimum absolute atomic E-state index is 0.382. The van der Waals surface area contributed by atoms with Gasteiger partial charge >= 0.3 is 0 Å². The second-order valence-electron chi connectivity index (χ2n) is 3.56. The zero-order chi connectivity index (χ0) is 12.2. The average Bonchev–Trinajstić information content (AvgIpc) is 2.23. The van der Waals surface area contributed by atoms with E-state index in [1.807, 2.05) is 0 Å². The van der Waals surface area contributed by atoms with Gasteiger partial charge in [0.2, 0.25) is 0 Å². The smallest absolute Gasteiger partial charge is 0.139 e. The standard InChI is InChI=1S/C9H18O6/c1-4(2)6(12)8(14)9(15)7(13)5(11)3-10/h5,7-15H,3H2,1-2H3/t5-,7+,8-,9-/m0/s1. The number of hydrogen-bond acceptors (Lipinski definition) is 6. The van der Waals surface area contributed by atoms with Gasteiger partial charge in [-0.25, -0.2) is 0 Å². The summed E-state index contributed by atoms with van der Waals surface area (Å²) in [4.78, 5) is 0. The lowest BCUT2D eigenvalue weighted by atomic mass is 10.0. The second kappa shape index (κ2) is 6.04. The fraction of sp³-hybridized carbons (Fsp3) is 0.778. The van der Waals surface area contributed by atoms with Crippen LogP contribution in [0, 0.1) is 0 Å². The molecule has 0 saturated heterocycles. The zero-order valence-electron chi connectivity index (χ0n) is 8.70. The van der Waals surface area contributed by atoms with Gasteiger partial charge < -0.3 is 30.6 Å². The molecule has 0 aromatic carbocycles. The van der Waals surface area contributed by atoms with Crippen molar-refractivity contribution in [3.05, 3.63) is 11.3 Å². The molecular formula is C9H18O6. The monoisotopic (exact) mass is 222 g/mol. The van der Waals surface area contributed by atoms with Gasteiger partial charge in [-0.2, -0.15) is 0 Å². The van der Waals surface area contributed by atoms with Gasteiger partial charge in [0.15, 0.2) is 0 Å². The van der Waals surface area contributed by atoms with Crippen molar-refractivity contribution in [2.24, 2.45) is 0 Å². The van der Waals surface area contributed by atoms with E-state index in [2.05, 4.69) is 0 Å². The number of aliphatic hydroxyl groups is 6. The van der Waals surface area contributed by atoms with Crippen molar-refractivity contribution in [3.8, 4) is 0 Å². The van der Waals surface area contributed by atoms with Gasteiger partial charge in [-0.3, -0.25) is 0 Å². The molecule has 0 heterocycles. The van der Waals surface area contributed by atoms with Crippen LogP contribution in [0.15, 0.2) is 11.3 Å². The third kappa shape index (κ3) is 3.77. The Morgan fingerprint density at radius 1 is 1.00 bits per heavy atom. The fourth-order valence-corrected chi connectivity index (χ4v) is 0.980. The Labute approximate surface area is 87.7 Å². The number of rotatable bonds is 5. The molecule has 0 aromatic rings. The van der Waals surface area contributed by atoms with E-state index in [0.717, 1.165) is 0 Å². The maximum absolute atomic E-state index is 9.36. The highest BCUT2D eigenvalue weighted by Gasteiger charge is 2.32. The van der Waals surface area contributed by atoms with Gasteiger partial charge in [0.25, 0.3) is 0 Å². The first-order valence-corrected chi connectivity index (χ1v) is 4.52. The predicted molar refractivity (Wildman–Crippen MR) is 52.1 cm³/mol. The van der Waals surface area contributed by atoms with Gasteiger partial charge in [-0.1, -0.05) is 0 Å². The minimum atomic E-state index is -1.76. The summed E-state index contributed by atoms with van der Waals surface area (Å²) in [6.45, 7) is 2.28. The molecule has 6 heteroatoms. The van der Waals surface area contributed by atoms with E-state index in [1.165, 1.54) is 13.8 Å². The third-order valence-electron chi connectivity index (χ3n) is 2.05. The summed E-state index contributed by atoms with van der Waals surface area (Å²) in [5.74, 6) is -0.466. The van der Waals surface area contributed by atoms with Crippen molar-refractivity contribution in [2.45, 2.75) is 38.3 Å². The van der Waals surface area contributed by atoms with Crippen LogP contribution in [0.2, 0.25) is 0 Å². The van der Waals surface area contributed by atoms with Gasteiger partial charge in [0.05, 0.1) is 6.61 Å². The molecule has 0 aromatic heterocycles. The van der Waals surface area contributed by atoms with Crippen molar-refractivity contribution >= 4 is 0 Å². The molecule has 0 bridgehead atoms. The first-order chi connectivity index (χ1) is 6.82. The zero-order valence-corrected chi connectivity index (χ0v) is 8.70. The molecule has 0 amide bonds. The molecule has 4 atom stereocenters. The molecular weight excluding hydrogens is 204 g/mol. The van der Waals surface area contributed by atoms with Gasteiger partial charge in [-0.05, 0) is 19.4 Å². The summed E-state index contributed by atoms with van der Waals surface area (Å²) < 4.78 is 0. The summed E-state index contributed by atoms with van der Waals surface area (Å²) in [5, 5.41) is 54.7. The Morgan fingerprint density at radius 2 is 1.47 bits per heavy atom. The average molecular weight is 222 g/mol. The normalized spacial score (nSPS) is 19.1. The molecule has 6 nitrogen and oxygen atoms in total. The Morgan fingerprint density at radius 3 is 1.80 bits per heavy atom. The van der Waals surface area contributed by atoms with Crippen LogP contribution in [0.3, 0.4) is 0 Å². The number of allylic oxidation sites excluding steroid dienone is 1. The largest absolute Gasteiger partial charge is 0.510 e. The maximum atomic E-state index is 9.36. The number of aliphatic hydroxyl groups excluding tert-OH is 6. The van der Waals surface area contributed by atoms with E-state index in [4.69, 9.17) is 10.2 Å². The summed E-state index contributed by atoms with van der Waals surface area (Å²) in [6, 6.07) is 0. The van der Waals surface area contributed by atoms with E-state index < -0.39 is 36.8 Å². The Balaban J connectivity index is 4.58. The van der Waals surface area contributed by atoms with Crippen LogP contribution in [0.4, 0.5) is 0 Å². The third-order valence-corrected chi connectivity index (χ3v) is 2.05. The Kier molecular flexibility index (Phi) is 5.77. The van der Waals surface area contributed by atoms with Gasteiger partial charge in [0, 0.05) is 0 Å². The van der Waals surface area contributed by atoms with Crippen molar-refractivity contribution in [3.63, 3.8) is 0 Å². The van der Waals surface area contributed by atoms with Crippen LogP contribution in [-0.2, 0) is 0 Å². The summed E-state index contributed by atoms with van der Waals surface area (Å²) in [5.41, 5.74) is 0.382. The molecule has 0 rings (SSSR count). The summed E-state index contributed by atoms with van der Waals surface area (Å²) in [7, 11) is 0. The maximum Gasteiger partial charge on any atom is 0.139 e. The highest BCUT2D eigenvalue weighted by atomic mass is 16.4. The molecule has 15 heavy (non-hydrogen) atoms. The van der Waals surface area contributed by atoms with E-state index in [1.54, 1.807) is 0 Å². The highest BCUT2D eigenvalue weighted by Crippen LogP contribution is 2.13. The quantitative estimate of drug-likeness (QED) is 0.308. The molecule has 6 N–H and O–H groups in total. The van der Waals surface area contributed by atoms with Gasteiger partial charge in [-0.15, -0.1) is 0 Å². The molecule has 0 aliphatic rings. The van der Waals surface area contributed by atoms with Crippen molar-refractivity contribution in [1.29, 1.82) is 0 Å². The van der Waals surface area contributed by atoms with E-state index >= 15 is 0 Å². The summed E-state index contributed by atoms with van der Waals surface area (Å²) >= 11 is 0. The van der Waals surface area contributed by atoms with E-state index in [0.29, 0.717) is 5.57 Å². The van der Waals surface area contributed by atoms with Crippen LogP contribution < -0.4 is 0 Å². The van der Waals surface area contributed by atoms with Gasteiger partial charge in [0.1, 0.15) is 30.2 Å². The predicted octanol–water partition coefficient (Wildman–Crippen LogP) is -1.73. The van der Waals surface area contributed by atoms with Crippen LogP contribution in [0.25, 0.3) is 0 Å². The molecule has 0 unspecified atom stereocenters. The van der Waals surface area contributed by atoms with Crippen molar-refractivity contribution in [2.75, 3.05) is 6.61 Å². The molecule has 0 fully saturated rings. The van der Waals surface area contributed by atoms with E-state index in [-0.39, 0.29) is 0 Å². The van der Waals surface area contributed by atoms with Crippen LogP contribution in [0.1, 0.15) is 13.8 Å². The van der Waals surface area contributed by atoms with Crippen molar-refractivity contribution < 1.29 is 30.6 Å². The van der Waals surface area contributed by atoms with E-state index in [9.17, 15) is 20.4 Å². The first kappa shape index (κ1) is 14.3. The molecule has 90 valence electrons. The topological polar surface area (TPSA) is 121 Å². The van der Waals surface area contributed by atoms with Crippen LogP contribution in [-0.4, -0.2) is 61.7 Å². The van der Waals surface area contributed by atoms with Crippen molar-refractivity contribution in [1.82, 2.24) is 0 Å². The highest BCUT2D eigenvalue weighted by molar-refractivity contribution is 5.09. The lowest BCUT2D eigenvalue weighted by Gasteiger charge is -2.25. The molecule has 0 saturated carbocycles. The summed E-state index contributed by atoms with van der Waals surface area (Å²) in [6.07, 6.45) is -6.75. The molecule has 0 radical (unpaired) electrons. The lowest BCUT2D eigenvalue weighted by Crippen LogP contribution is -2.46. The molecule has 0 aliphatic heterocycles.